The Morgan fingerprint density at radius 2 is 2.05 bits per heavy atom. The zero-order chi connectivity index (χ0) is 14.9. The number of aryl methyl sites for hydroxylation is 1. The molecule has 0 aliphatic carbocycles. The molecule has 1 unspecified atom stereocenters. The van der Waals surface area contributed by atoms with Gasteiger partial charge in [-0.25, -0.2) is 13.1 Å². The maximum absolute atomic E-state index is 12.6. The maximum Gasteiger partial charge on any atom is 0.241 e. The summed E-state index contributed by atoms with van der Waals surface area (Å²) in [7, 11) is -3.49. The van der Waals surface area contributed by atoms with E-state index in [4.69, 9.17) is 5.73 Å². The zero-order valence-corrected chi connectivity index (χ0v) is 13.8. The smallest absolute Gasteiger partial charge is 0.241 e. The summed E-state index contributed by atoms with van der Waals surface area (Å²) in [5, 5.41) is 0. The predicted octanol–water partition coefficient (Wildman–Crippen LogP) is 2.23. The molecule has 6 heteroatoms. The molecule has 1 aliphatic rings. The van der Waals surface area contributed by atoms with Gasteiger partial charge in [-0.1, -0.05) is 0 Å². The lowest BCUT2D eigenvalue weighted by Gasteiger charge is -2.17. The summed E-state index contributed by atoms with van der Waals surface area (Å²) >= 11 is 1.88. The number of anilines is 1. The Labute approximate surface area is 125 Å². The van der Waals surface area contributed by atoms with E-state index in [0.717, 1.165) is 29.1 Å². The topological polar surface area (TPSA) is 72.2 Å². The van der Waals surface area contributed by atoms with Crippen molar-refractivity contribution in [3.8, 4) is 0 Å². The fourth-order valence-electron chi connectivity index (χ4n) is 2.49. The third-order valence-electron chi connectivity index (χ3n) is 3.93. The van der Waals surface area contributed by atoms with Crippen LogP contribution in [0.2, 0.25) is 0 Å². The van der Waals surface area contributed by atoms with Gasteiger partial charge in [-0.2, -0.15) is 11.8 Å². The van der Waals surface area contributed by atoms with E-state index in [-0.39, 0.29) is 0 Å². The third kappa shape index (κ3) is 3.13. The predicted molar refractivity (Wildman–Crippen MR) is 85.7 cm³/mol. The Morgan fingerprint density at radius 1 is 1.35 bits per heavy atom. The van der Waals surface area contributed by atoms with Crippen molar-refractivity contribution < 1.29 is 8.42 Å². The fourth-order valence-corrected chi connectivity index (χ4v) is 5.46. The van der Waals surface area contributed by atoms with Crippen molar-refractivity contribution in [3.63, 3.8) is 0 Å². The lowest BCUT2D eigenvalue weighted by Crippen LogP contribution is -2.30. The van der Waals surface area contributed by atoms with Gasteiger partial charge in [0.25, 0.3) is 0 Å². The average molecular weight is 314 g/mol. The fraction of sp³-hybridized carbons (Fsp3) is 0.571. The van der Waals surface area contributed by atoms with Crippen molar-refractivity contribution >= 4 is 27.5 Å². The molecule has 1 atom stereocenters. The Bertz CT molecular complexity index is 580. The van der Waals surface area contributed by atoms with Gasteiger partial charge in [0.2, 0.25) is 10.0 Å². The first-order chi connectivity index (χ1) is 9.33. The molecule has 3 N–H and O–H groups in total. The number of sulfonamides is 1. The van der Waals surface area contributed by atoms with Crippen LogP contribution in [0.15, 0.2) is 11.0 Å². The van der Waals surface area contributed by atoms with Crippen LogP contribution in [0.1, 0.15) is 23.1 Å². The van der Waals surface area contributed by atoms with Gasteiger partial charge in [0.15, 0.2) is 0 Å². The van der Waals surface area contributed by atoms with E-state index < -0.39 is 10.0 Å². The molecule has 1 aromatic rings. The Hall–Kier alpha value is -0.720. The van der Waals surface area contributed by atoms with Gasteiger partial charge < -0.3 is 5.73 Å². The first-order valence-electron chi connectivity index (χ1n) is 6.76. The second-order valence-corrected chi connectivity index (χ2v) is 8.30. The zero-order valence-electron chi connectivity index (χ0n) is 12.2. The quantitative estimate of drug-likeness (QED) is 0.836. The Balaban J connectivity index is 2.29. The van der Waals surface area contributed by atoms with Crippen molar-refractivity contribution in [2.45, 2.75) is 32.1 Å². The number of hydrogen-bond acceptors (Lipinski definition) is 4. The molecule has 0 radical (unpaired) electrons. The minimum Gasteiger partial charge on any atom is -0.398 e. The van der Waals surface area contributed by atoms with E-state index >= 15 is 0 Å². The van der Waals surface area contributed by atoms with Gasteiger partial charge in [0, 0.05) is 12.2 Å². The molecule has 4 nitrogen and oxygen atoms in total. The summed E-state index contributed by atoms with van der Waals surface area (Å²) in [5.74, 6) is 2.61. The summed E-state index contributed by atoms with van der Waals surface area (Å²) in [6, 6.07) is 1.83. The molecule has 20 heavy (non-hydrogen) atoms. The highest BCUT2D eigenvalue weighted by Crippen LogP contribution is 2.28. The number of nitrogen functional groups attached to an aromatic ring is 1. The van der Waals surface area contributed by atoms with E-state index in [1.54, 1.807) is 6.92 Å². The Kier molecular flexibility index (Phi) is 4.66. The average Bonchev–Trinajstić information content (AvgIpc) is 2.87. The van der Waals surface area contributed by atoms with Crippen molar-refractivity contribution in [2.24, 2.45) is 5.92 Å². The van der Waals surface area contributed by atoms with Crippen LogP contribution in [0.5, 0.6) is 0 Å². The largest absolute Gasteiger partial charge is 0.398 e. The summed E-state index contributed by atoms with van der Waals surface area (Å²) < 4.78 is 27.9. The van der Waals surface area contributed by atoms with Crippen molar-refractivity contribution in [2.75, 3.05) is 23.8 Å². The van der Waals surface area contributed by atoms with Gasteiger partial charge in [-0.15, -0.1) is 0 Å². The first-order valence-corrected chi connectivity index (χ1v) is 9.40. The summed E-state index contributed by atoms with van der Waals surface area (Å²) in [5.41, 5.74) is 8.77. The van der Waals surface area contributed by atoms with Crippen LogP contribution in [-0.2, 0) is 10.0 Å². The van der Waals surface area contributed by atoms with Crippen LogP contribution in [0.4, 0.5) is 5.69 Å². The molecule has 0 amide bonds. The number of nitrogens with two attached hydrogens (primary N) is 1. The van der Waals surface area contributed by atoms with Gasteiger partial charge in [-0.3, -0.25) is 0 Å². The molecule has 112 valence electrons. The number of nitrogens with one attached hydrogen (secondary N) is 1. The van der Waals surface area contributed by atoms with E-state index in [2.05, 4.69) is 4.72 Å². The molecular formula is C14H22N2O2S2. The van der Waals surface area contributed by atoms with Crippen LogP contribution < -0.4 is 10.5 Å². The van der Waals surface area contributed by atoms with Crippen LogP contribution >= 0.6 is 11.8 Å². The molecule has 1 aromatic carbocycles. The van der Waals surface area contributed by atoms with Gasteiger partial charge in [-0.05, 0) is 67.4 Å². The third-order valence-corrected chi connectivity index (χ3v) is 6.86. The highest BCUT2D eigenvalue weighted by molar-refractivity contribution is 7.99. The lowest BCUT2D eigenvalue weighted by atomic mass is 10.1. The highest BCUT2D eigenvalue weighted by Gasteiger charge is 2.24. The summed E-state index contributed by atoms with van der Waals surface area (Å²) in [4.78, 5) is 0.348. The highest BCUT2D eigenvalue weighted by atomic mass is 32.2. The van der Waals surface area contributed by atoms with Crippen LogP contribution in [-0.4, -0.2) is 26.5 Å². The van der Waals surface area contributed by atoms with Crippen molar-refractivity contribution in [1.29, 1.82) is 0 Å². The minimum atomic E-state index is -3.49. The minimum absolute atomic E-state index is 0.348. The van der Waals surface area contributed by atoms with Crippen LogP contribution in [0.3, 0.4) is 0 Å². The molecule has 2 rings (SSSR count). The van der Waals surface area contributed by atoms with E-state index in [1.807, 2.05) is 31.7 Å². The van der Waals surface area contributed by atoms with E-state index in [9.17, 15) is 8.42 Å². The molecule has 0 spiro atoms. The van der Waals surface area contributed by atoms with Gasteiger partial charge in [0.05, 0.1) is 4.90 Å². The Morgan fingerprint density at radius 3 is 2.65 bits per heavy atom. The molecule has 1 aliphatic heterocycles. The van der Waals surface area contributed by atoms with Crippen molar-refractivity contribution in [3.05, 3.63) is 22.8 Å². The molecule has 1 heterocycles. The molecule has 1 saturated heterocycles. The van der Waals surface area contributed by atoms with E-state index in [1.165, 1.54) is 0 Å². The SMILES string of the molecule is Cc1cc(N)c(C)c(S(=O)(=O)NCC2CCSC2)c1C. The van der Waals surface area contributed by atoms with Gasteiger partial charge in [0.1, 0.15) is 0 Å². The first kappa shape index (κ1) is 15.7. The molecular weight excluding hydrogens is 292 g/mol. The maximum atomic E-state index is 12.6. The van der Waals surface area contributed by atoms with Crippen molar-refractivity contribution in [1.82, 2.24) is 4.72 Å². The standard InChI is InChI=1S/C14H22N2O2S2/c1-9-6-13(15)11(3)14(10(9)2)20(17,18)16-7-12-4-5-19-8-12/h6,12,16H,4-5,7-8,15H2,1-3H3. The van der Waals surface area contributed by atoms with Crippen LogP contribution in [0, 0.1) is 26.7 Å². The van der Waals surface area contributed by atoms with E-state index in [0.29, 0.717) is 28.6 Å². The normalized spacial score (nSPS) is 19.4. The molecule has 0 saturated carbocycles. The molecule has 0 bridgehead atoms. The van der Waals surface area contributed by atoms with Crippen LogP contribution in [0.25, 0.3) is 0 Å². The second-order valence-electron chi connectivity index (χ2n) is 5.44. The number of rotatable bonds is 4. The molecule has 1 fully saturated rings. The van der Waals surface area contributed by atoms with Gasteiger partial charge >= 0.3 is 0 Å². The summed E-state index contributed by atoms with van der Waals surface area (Å²) in [6.07, 6.45) is 1.08. The number of thioether (sulfide) groups is 1. The summed E-state index contributed by atoms with van der Waals surface area (Å²) in [6.45, 7) is 6.00. The second kappa shape index (κ2) is 5.95. The monoisotopic (exact) mass is 314 g/mol. The molecule has 0 aromatic heterocycles. The lowest BCUT2D eigenvalue weighted by molar-refractivity contribution is 0.545. The number of hydrogen-bond donors (Lipinski definition) is 2. The number of benzene rings is 1.